The summed E-state index contributed by atoms with van der Waals surface area (Å²) < 4.78 is 11.1. The van der Waals surface area contributed by atoms with Crippen molar-refractivity contribution in [3.05, 3.63) is 29.0 Å². The van der Waals surface area contributed by atoms with Crippen molar-refractivity contribution in [3.63, 3.8) is 0 Å². The second kappa shape index (κ2) is 5.66. The molecule has 1 aromatic carbocycles. The maximum atomic E-state index is 6.02. The Labute approximate surface area is 128 Å². The molecule has 112 valence electrons. The molecule has 1 heterocycles. The van der Waals surface area contributed by atoms with Crippen LogP contribution in [0.1, 0.15) is 37.9 Å². The first-order valence-corrected chi connectivity index (χ1v) is 7.46. The highest BCUT2D eigenvalue weighted by molar-refractivity contribution is 6.31. The van der Waals surface area contributed by atoms with Gasteiger partial charge in [-0.2, -0.15) is 4.98 Å². The quantitative estimate of drug-likeness (QED) is 0.873. The lowest BCUT2D eigenvalue weighted by Gasteiger charge is -2.32. The summed E-state index contributed by atoms with van der Waals surface area (Å²) in [5.41, 5.74) is 6.66. The van der Waals surface area contributed by atoms with Crippen LogP contribution in [0.4, 0.5) is 5.69 Å². The number of anilines is 1. The third-order valence-electron chi connectivity index (χ3n) is 4.05. The Hall–Kier alpha value is -1.59. The van der Waals surface area contributed by atoms with E-state index in [0.717, 1.165) is 31.2 Å². The number of nitrogens with zero attached hydrogens (tertiary/aromatic N) is 2. The molecule has 1 aliphatic rings. The van der Waals surface area contributed by atoms with E-state index in [1.165, 1.54) is 6.42 Å². The van der Waals surface area contributed by atoms with Crippen LogP contribution < -0.4 is 5.73 Å². The van der Waals surface area contributed by atoms with Crippen LogP contribution in [0, 0.1) is 0 Å². The third-order valence-corrected chi connectivity index (χ3v) is 4.27. The second-order valence-corrected chi connectivity index (χ2v) is 5.89. The Morgan fingerprint density at radius 3 is 2.67 bits per heavy atom. The molecule has 0 radical (unpaired) electrons. The normalized spacial score (nSPS) is 17.8. The summed E-state index contributed by atoms with van der Waals surface area (Å²) in [6.07, 6.45) is 5.28. The molecule has 0 atom stereocenters. The van der Waals surface area contributed by atoms with Gasteiger partial charge in [0.2, 0.25) is 5.82 Å². The minimum absolute atomic E-state index is 0.418. The number of aromatic nitrogens is 2. The highest BCUT2D eigenvalue weighted by atomic mass is 35.5. The van der Waals surface area contributed by atoms with Crippen molar-refractivity contribution in [3.8, 4) is 11.5 Å². The Balaban J connectivity index is 1.95. The van der Waals surface area contributed by atoms with Crippen LogP contribution in [0.2, 0.25) is 5.02 Å². The van der Waals surface area contributed by atoms with Gasteiger partial charge in [0.05, 0.1) is 0 Å². The van der Waals surface area contributed by atoms with Crippen molar-refractivity contribution in [1.82, 2.24) is 10.1 Å². The maximum Gasteiger partial charge on any atom is 0.258 e. The smallest absolute Gasteiger partial charge is 0.258 e. The lowest BCUT2D eigenvalue weighted by atomic mass is 9.84. The summed E-state index contributed by atoms with van der Waals surface area (Å²) in [4.78, 5) is 4.51. The lowest BCUT2D eigenvalue weighted by molar-refractivity contribution is -0.0527. The van der Waals surface area contributed by atoms with E-state index in [1.54, 1.807) is 25.3 Å². The number of nitrogens with two attached hydrogens (primary N) is 1. The molecule has 5 nitrogen and oxygen atoms in total. The first-order valence-electron chi connectivity index (χ1n) is 7.09. The van der Waals surface area contributed by atoms with E-state index in [4.69, 9.17) is 26.6 Å². The van der Waals surface area contributed by atoms with Crippen LogP contribution in [0.3, 0.4) is 0 Å². The average Bonchev–Trinajstić information content (AvgIpc) is 2.97. The van der Waals surface area contributed by atoms with Crippen LogP contribution in [0.25, 0.3) is 11.5 Å². The summed E-state index contributed by atoms with van der Waals surface area (Å²) in [6.45, 7) is 0. The van der Waals surface area contributed by atoms with Crippen LogP contribution in [0.5, 0.6) is 0 Å². The number of benzene rings is 1. The van der Waals surface area contributed by atoms with E-state index in [1.807, 2.05) is 0 Å². The lowest BCUT2D eigenvalue weighted by Crippen LogP contribution is -2.32. The molecule has 0 unspecified atom stereocenters. The molecule has 1 aliphatic carbocycles. The minimum Gasteiger partial charge on any atom is -0.399 e. The molecule has 0 aliphatic heterocycles. The van der Waals surface area contributed by atoms with Gasteiger partial charge in [0.15, 0.2) is 0 Å². The van der Waals surface area contributed by atoms with E-state index in [0.29, 0.717) is 22.4 Å². The fraction of sp³-hybridized carbons (Fsp3) is 0.467. The maximum absolute atomic E-state index is 6.02. The number of methoxy groups -OCH3 is 1. The molecule has 1 saturated carbocycles. The second-order valence-electron chi connectivity index (χ2n) is 5.46. The summed E-state index contributed by atoms with van der Waals surface area (Å²) >= 11 is 6.02. The van der Waals surface area contributed by atoms with E-state index < -0.39 is 5.60 Å². The summed E-state index contributed by atoms with van der Waals surface area (Å²) in [5, 5.41) is 4.67. The fourth-order valence-electron chi connectivity index (χ4n) is 2.90. The van der Waals surface area contributed by atoms with Crippen molar-refractivity contribution >= 4 is 17.3 Å². The van der Waals surface area contributed by atoms with E-state index >= 15 is 0 Å². The molecule has 6 heteroatoms. The van der Waals surface area contributed by atoms with Gasteiger partial charge in [-0.25, -0.2) is 0 Å². The number of halogens is 1. The van der Waals surface area contributed by atoms with Crippen LogP contribution in [-0.2, 0) is 10.3 Å². The summed E-state index contributed by atoms with van der Waals surface area (Å²) in [5.74, 6) is 1.03. The van der Waals surface area contributed by atoms with Gasteiger partial charge < -0.3 is 15.0 Å². The summed E-state index contributed by atoms with van der Waals surface area (Å²) in [6, 6.07) is 5.21. The molecule has 1 fully saturated rings. The van der Waals surface area contributed by atoms with E-state index in [9.17, 15) is 0 Å². The Kier molecular flexibility index (Phi) is 3.87. The SMILES string of the molecule is COC1(c2noc(-c3cc(N)cc(Cl)c3)n2)CCCCC1. The number of hydrogen-bond donors (Lipinski definition) is 1. The minimum atomic E-state index is -0.426. The zero-order valence-corrected chi connectivity index (χ0v) is 12.7. The monoisotopic (exact) mass is 307 g/mol. The Bertz CT molecular complexity index is 615. The molecule has 0 saturated heterocycles. The largest absolute Gasteiger partial charge is 0.399 e. The molecule has 2 N–H and O–H groups in total. The van der Waals surface area contributed by atoms with Gasteiger partial charge in [0.25, 0.3) is 5.89 Å². The Morgan fingerprint density at radius 2 is 2.00 bits per heavy atom. The van der Waals surface area contributed by atoms with E-state index in [2.05, 4.69) is 10.1 Å². The highest BCUT2D eigenvalue weighted by Crippen LogP contribution is 2.39. The molecule has 21 heavy (non-hydrogen) atoms. The van der Waals surface area contributed by atoms with Crippen molar-refractivity contribution in [1.29, 1.82) is 0 Å². The highest BCUT2D eigenvalue weighted by Gasteiger charge is 2.38. The van der Waals surface area contributed by atoms with Crippen LogP contribution in [-0.4, -0.2) is 17.3 Å². The van der Waals surface area contributed by atoms with Crippen molar-refractivity contribution in [2.45, 2.75) is 37.7 Å². The predicted octanol–water partition coefficient (Wildman–Crippen LogP) is 3.78. The Morgan fingerprint density at radius 1 is 1.24 bits per heavy atom. The molecule has 0 bridgehead atoms. The molecule has 1 aromatic heterocycles. The average molecular weight is 308 g/mol. The van der Waals surface area contributed by atoms with Gasteiger partial charge >= 0.3 is 0 Å². The predicted molar refractivity (Wildman–Crippen MR) is 80.9 cm³/mol. The number of ether oxygens (including phenoxy) is 1. The first-order chi connectivity index (χ1) is 10.1. The van der Waals surface area contributed by atoms with Crippen molar-refractivity contribution < 1.29 is 9.26 Å². The zero-order chi connectivity index (χ0) is 14.9. The van der Waals surface area contributed by atoms with E-state index in [-0.39, 0.29) is 0 Å². The molecular formula is C15H18ClN3O2. The van der Waals surface area contributed by atoms with Gasteiger partial charge in [0.1, 0.15) is 5.60 Å². The van der Waals surface area contributed by atoms with Gasteiger partial charge in [-0.3, -0.25) is 0 Å². The van der Waals surface area contributed by atoms with Gasteiger partial charge in [-0.1, -0.05) is 36.0 Å². The van der Waals surface area contributed by atoms with Crippen LogP contribution in [0.15, 0.2) is 22.7 Å². The fourth-order valence-corrected chi connectivity index (χ4v) is 3.15. The first kappa shape index (κ1) is 14.4. The van der Waals surface area contributed by atoms with Gasteiger partial charge in [-0.15, -0.1) is 0 Å². The third kappa shape index (κ3) is 2.76. The molecular weight excluding hydrogens is 290 g/mol. The number of rotatable bonds is 3. The van der Waals surface area contributed by atoms with Gasteiger partial charge in [0, 0.05) is 23.4 Å². The number of hydrogen-bond acceptors (Lipinski definition) is 5. The number of nitrogen functional groups attached to an aromatic ring is 1. The standard InChI is InChI=1S/C15H18ClN3O2/c1-20-15(5-3-2-4-6-15)14-18-13(21-19-14)10-7-11(16)9-12(17)8-10/h7-9H,2-6,17H2,1H3. The van der Waals surface area contributed by atoms with Crippen LogP contribution >= 0.6 is 11.6 Å². The molecule has 3 rings (SSSR count). The molecule has 0 amide bonds. The van der Waals surface area contributed by atoms with Crippen molar-refractivity contribution in [2.24, 2.45) is 0 Å². The summed E-state index contributed by atoms with van der Waals surface area (Å²) in [7, 11) is 1.71. The van der Waals surface area contributed by atoms with Gasteiger partial charge in [-0.05, 0) is 31.0 Å². The molecule has 2 aromatic rings. The topological polar surface area (TPSA) is 74.2 Å². The molecule has 0 spiro atoms. The zero-order valence-electron chi connectivity index (χ0n) is 11.9. The van der Waals surface area contributed by atoms with Crippen molar-refractivity contribution in [2.75, 3.05) is 12.8 Å².